The Morgan fingerprint density at radius 1 is 0.551 bits per heavy atom. The minimum absolute atomic E-state index is 0.0420. The van der Waals surface area contributed by atoms with Crippen molar-refractivity contribution in [1.82, 2.24) is 0 Å². The summed E-state index contributed by atoms with van der Waals surface area (Å²) in [7, 11) is 0. The Kier molecular flexibility index (Phi) is 6.06. The Morgan fingerprint density at radius 2 is 1.27 bits per heavy atom. The van der Waals surface area contributed by atoms with Crippen LogP contribution in [-0.2, 0) is 0 Å². The van der Waals surface area contributed by atoms with Crippen LogP contribution in [0.15, 0.2) is 156 Å². The minimum Gasteiger partial charge on any atom is -0.458 e. The monoisotopic (exact) mass is 630 g/mol. The van der Waals surface area contributed by atoms with Gasteiger partial charge in [-0.2, -0.15) is 0 Å². The van der Waals surface area contributed by atoms with Crippen LogP contribution in [0.1, 0.15) is 11.1 Å². The number of hydrogen-bond acceptors (Lipinski definition) is 4. The maximum Gasteiger partial charge on any atom is 0.256 e. The highest BCUT2D eigenvalue weighted by Gasteiger charge is 2.42. The first-order valence-electron chi connectivity index (χ1n) is 16.8. The van der Waals surface area contributed by atoms with Crippen LogP contribution >= 0.6 is 0 Å². The largest absolute Gasteiger partial charge is 0.458 e. The number of anilines is 6. The van der Waals surface area contributed by atoms with E-state index in [2.05, 4.69) is 163 Å². The van der Waals surface area contributed by atoms with Gasteiger partial charge in [0.1, 0.15) is 22.7 Å². The molecular formula is C44H31BN2O2. The molecule has 1 aromatic heterocycles. The van der Waals surface area contributed by atoms with Crippen LogP contribution in [0.2, 0.25) is 0 Å². The fraction of sp³-hybridized carbons (Fsp3) is 0.0455. The lowest BCUT2D eigenvalue weighted by Crippen LogP contribution is -2.59. The van der Waals surface area contributed by atoms with E-state index in [0.717, 1.165) is 67.4 Å². The Labute approximate surface area is 285 Å². The van der Waals surface area contributed by atoms with Gasteiger partial charge in [0, 0.05) is 51.0 Å². The molecule has 10 rings (SSSR count). The molecule has 0 amide bonds. The second kappa shape index (κ2) is 10.7. The molecule has 0 N–H and O–H groups in total. The van der Waals surface area contributed by atoms with Gasteiger partial charge < -0.3 is 19.0 Å². The number of para-hydroxylation sites is 3. The van der Waals surface area contributed by atoms with E-state index in [9.17, 15) is 0 Å². The van der Waals surface area contributed by atoms with Gasteiger partial charge in [0.2, 0.25) is 0 Å². The number of fused-ring (bicyclic) bond motifs is 7. The molecule has 0 unspecified atom stereocenters. The van der Waals surface area contributed by atoms with Crippen molar-refractivity contribution in [3.63, 3.8) is 0 Å². The first-order chi connectivity index (χ1) is 24.1. The SMILES string of the molecule is Cc1ccc(N(c2ccc3c(c2)Oc2c(C)ccc4c2B3c2ccccc2N4c2ccccc2)c2ccc3oc4ccccc4c3c2)cc1. The average Bonchev–Trinajstić information content (AvgIpc) is 3.52. The van der Waals surface area contributed by atoms with Crippen molar-refractivity contribution < 1.29 is 9.15 Å². The average molecular weight is 631 g/mol. The van der Waals surface area contributed by atoms with Gasteiger partial charge in [-0.15, -0.1) is 0 Å². The lowest BCUT2D eigenvalue weighted by Gasteiger charge is -2.40. The molecule has 8 aromatic rings. The number of benzene rings is 7. The van der Waals surface area contributed by atoms with Crippen molar-refractivity contribution >= 4 is 79.2 Å². The molecule has 3 heterocycles. The summed E-state index contributed by atoms with van der Waals surface area (Å²) in [5.74, 6) is 1.82. The number of rotatable bonds is 4. The first-order valence-corrected chi connectivity index (χ1v) is 16.8. The summed E-state index contributed by atoms with van der Waals surface area (Å²) in [6, 6.07) is 54.0. The summed E-state index contributed by atoms with van der Waals surface area (Å²) >= 11 is 0. The van der Waals surface area contributed by atoms with Crippen molar-refractivity contribution in [3.05, 3.63) is 163 Å². The normalized spacial score (nSPS) is 12.8. The van der Waals surface area contributed by atoms with Crippen LogP contribution < -0.4 is 30.9 Å². The second-order valence-corrected chi connectivity index (χ2v) is 13.1. The fourth-order valence-corrected chi connectivity index (χ4v) is 7.80. The van der Waals surface area contributed by atoms with Crippen molar-refractivity contribution in [1.29, 1.82) is 0 Å². The zero-order valence-electron chi connectivity index (χ0n) is 27.2. The highest BCUT2D eigenvalue weighted by molar-refractivity contribution is 6.99. The van der Waals surface area contributed by atoms with Crippen molar-refractivity contribution in [2.75, 3.05) is 9.80 Å². The van der Waals surface area contributed by atoms with E-state index in [1.54, 1.807) is 0 Å². The Morgan fingerprint density at radius 3 is 2.14 bits per heavy atom. The van der Waals surface area contributed by atoms with E-state index in [4.69, 9.17) is 9.15 Å². The fourth-order valence-electron chi connectivity index (χ4n) is 7.80. The molecule has 49 heavy (non-hydrogen) atoms. The van der Waals surface area contributed by atoms with Crippen molar-refractivity contribution in [3.8, 4) is 11.5 Å². The lowest BCUT2D eigenvalue weighted by atomic mass is 9.34. The number of furan rings is 1. The highest BCUT2D eigenvalue weighted by atomic mass is 16.5. The summed E-state index contributed by atoms with van der Waals surface area (Å²) in [5, 5.41) is 2.21. The van der Waals surface area contributed by atoms with Gasteiger partial charge >= 0.3 is 0 Å². The molecule has 5 heteroatoms. The number of aryl methyl sites for hydroxylation is 2. The summed E-state index contributed by atoms with van der Waals surface area (Å²) in [5.41, 5.74) is 14.4. The summed E-state index contributed by atoms with van der Waals surface area (Å²) in [6.07, 6.45) is 0. The zero-order chi connectivity index (χ0) is 32.6. The summed E-state index contributed by atoms with van der Waals surface area (Å²) in [4.78, 5) is 4.69. The third-order valence-corrected chi connectivity index (χ3v) is 10.1. The number of ether oxygens (including phenoxy) is 1. The lowest BCUT2D eigenvalue weighted by molar-refractivity contribution is 0.484. The summed E-state index contributed by atoms with van der Waals surface area (Å²) in [6.45, 7) is 4.32. The second-order valence-electron chi connectivity index (χ2n) is 13.1. The maximum atomic E-state index is 6.98. The molecule has 2 aliphatic rings. The zero-order valence-corrected chi connectivity index (χ0v) is 27.2. The highest BCUT2D eigenvalue weighted by Crippen LogP contribution is 2.44. The van der Waals surface area contributed by atoms with Crippen molar-refractivity contribution in [2.24, 2.45) is 0 Å². The van der Waals surface area contributed by atoms with Crippen molar-refractivity contribution in [2.45, 2.75) is 13.8 Å². The summed E-state index contributed by atoms with van der Waals surface area (Å²) < 4.78 is 13.2. The molecule has 2 aliphatic heterocycles. The predicted octanol–water partition coefficient (Wildman–Crippen LogP) is 10.1. The molecule has 4 nitrogen and oxygen atoms in total. The topological polar surface area (TPSA) is 28.9 Å². The van der Waals surface area contributed by atoms with Gasteiger partial charge in [-0.25, -0.2) is 0 Å². The quantitative estimate of drug-likeness (QED) is 0.181. The third-order valence-electron chi connectivity index (χ3n) is 10.1. The van der Waals surface area contributed by atoms with E-state index < -0.39 is 0 Å². The molecule has 0 atom stereocenters. The van der Waals surface area contributed by atoms with E-state index in [1.165, 1.54) is 27.6 Å². The van der Waals surface area contributed by atoms with Gasteiger partial charge in [0.15, 0.2) is 0 Å². The van der Waals surface area contributed by atoms with E-state index in [-0.39, 0.29) is 6.71 Å². The molecule has 0 bridgehead atoms. The number of nitrogens with zero attached hydrogens (tertiary/aromatic N) is 2. The smallest absolute Gasteiger partial charge is 0.256 e. The van der Waals surface area contributed by atoms with Gasteiger partial charge in [-0.05, 0) is 103 Å². The Balaban J connectivity index is 1.16. The predicted molar refractivity (Wildman–Crippen MR) is 204 cm³/mol. The van der Waals surface area contributed by atoms with E-state index >= 15 is 0 Å². The molecule has 0 fully saturated rings. The molecule has 7 aromatic carbocycles. The van der Waals surface area contributed by atoms with Gasteiger partial charge in [-0.1, -0.05) is 84.4 Å². The molecule has 0 saturated heterocycles. The third kappa shape index (κ3) is 4.25. The van der Waals surface area contributed by atoms with Gasteiger partial charge in [0.25, 0.3) is 6.71 Å². The van der Waals surface area contributed by atoms with Gasteiger partial charge in [0.05, 0.1) is 0 Å². The van der Waals surface area contributed by atoms with E-state index in [0.29, 0.717) is 0 Å². The molecular weight excluding hydrogens is 599 g/mol. The van der Waals surface area contributed by atoms with Crippen LogP contribution in [0, 0.1) is 13.8 Å². The number of hydrogen-bond donors (Lipinski definition) is 0. The van der Waals surface area contributed by atoms with Crippen LogP contribution in [-0.4, -0.2) is 6.71 Å². The Bertz CT molecular complexity index is 2570. The van der Waals surface area contributed by atoms with E-state index in [1.807, 2.05) is 12.1 Å². The molecule has 0 aliphatic carbocycles. The van der Waals surface area contributed by atoms with Crippen LogP contribution in [0.5, 0.6) is 11.5 Å². The molecule has 0 radical (unpaired) electrons. The Hall–Kier alpha value is -6.20. The van der Waals surface area contributed by atoms with Gasteiger partial charge in [-0.3, -0.25) is 0 Å². The minimum atomic E-state index is 0.0420. The standard InChI is InChI=1S/C44H31BN2O2/c1-28-16-19-31(20-17-28)46(32-22-25-41-35(26-32)34-12-6-9-15-40(34)48-41)33-21-23-37-42(27-33)49-44-29(2)18-24-39-43(44)45(37)36-13-7-8-14-38(36)47(39)30-10-4-3-5-11-30/h3-27H,1-2H3. The molecule has 0 spiro atoms. The van der Waals surface area contributed by atoms with Crippen LogP contribution in [0.3, 0.4) is 0 Å². The molecule has 0 saturated carbocycles. The van der Waals surface area contributed by atoms with Crippen LogP contribution in [0.4, 0.5) is 34.1 Å². The molecule has 232 valence electrons. The van der Waals surface area contributed by atoms with Crippen LogP contribution in [0.25, 0.3) is 21.9 Å². The maximum absolute atomic E-state index is 6.98. The first kappa shape index (κ1) is 27.9.